The molecule has 0 bridgehead atoms. The van der Waals surface area contributed by atoms with Crippen LogP contribution in [-0.2, 0) is 7.05 Å². The van der Waals surface area contributed by atoms with E-state index < -0.39 is 0 Å². The second kappa shape index (κ2) is 5.70. The van der Waals surface area contributed by atoms with Gasteiger partial charge in [0.25, 0.3) is 5.01 Å². The molecule has 0 fully saturated rings. The molecule has 0 saturated heterocycles. The molecular formula is C17H19N2S2+. The predicted octanol–water partition coefficient (Wildman–Crippen LogP) is 4.18. The number of benzene rings is 2. The van der Waals surface area contributed by atoms with Gasteiger partial charge in [-0.1, -0.05) is 11.3 Å². The Labute approximate surface area is 134 Å². The Hall–Kier alpha value is -1.52. The highest BCUT2D eigenvalue weighted by molar-refractivity contribution is 7.98. The van der Waals surface area contributed by atoms with Crippen molar-refractivity contribution in [2.24, 2.45) is 7.05 Å². The van der Waals surface area contributed by atoms with Crippen LogP contribution in [0.2, 0.25) is 0 Å². The molecule has 21 heavy (non-hydrogen) atoms. The zero-order chi connectivity index (χ0) is 15.0. The molecule has 0 aliphatic rings. The average Bonchev–Trinajstić information content (AvgIpc) is 2.83. The lowest BCUT2D eigenvalue weighted by Crippen LogP contribution is -2.28. The number of aromatic nitrogens is 1. The Morgan fingerprint density at radius 3 is 2.38 bits per heavy atom. The molecule has 0 spiro atoms. The normalized spacial score (nSPS) is 11.0. The number of aryl methyl sites for hydroxylation is 1. The summed E-state index contributed by atoms with van der Waals surface area (Å²) >= 11 is 3.65. The zero-order valence-corrected chi connectivity index (χ0v) is 14.4. The molecule has 0 aliphatic heterocycles. The minimum absolute atomic E-state index is 1.23. The van der Waals surface area contributed by atoms with Crippen LogP contribution in [0, 0.1) is 0 Å². The lowest BCUT2D eigenvalue weighted by molar-refractivity contribution is -0.629. The van der Waals surface area contributed by atoms with E-state index in [1.54, 1.807) is 11.8 Å². The second-order valence-electron chi connectivity index (χ2n) is 5.24. The quantitative estimate of drug-likeness (QED) is 0.529. The molecule has 0 amide bonds. The van der Waals surface area contributed by atoms with E-state index in [-0.39, 0.29) is 0 Å². The molecule has 4 heteroatoms. The number of thiazole rings is 1. The van der Waals surface area contributed by atoms with Gasteiger partial charge in [-0.2, -0.15) is 4.57 Å². The van der Waals surface area contributed by atoms with Gasteiger partial charge in [0.1, 0.15) is 11.7 Å². The van der Waals surface area contributed by atoms with Crippen molar-refractivity contribution in [3.8, 4) is 10.6 Å². The van der Waals surface area contributed by atoms with E-state index in [0.717, 1.165) is 0 Å². The third-order valence-corrected chi connectivity index (χ3v) is 5.65. The van der Waals surface area contributed by atoms with E-state index in [1.807, 2.05) is 11.3 Å². The smallest absolute Gasteiger partial charge is 0.269 e. The van der Waals surface area contributed by atoms with E-state index >= 15 is 0 Å². The topological polar surface area (TPSA) is 7.12 Å². The van der Waals surface area contributed by atoms with Gasteiger partial charge in [-0.05, 0) is 42.7 Å². The van der Waals surface area contributed by atoms with E-state index in [2.05, 4.69) is 79.3 Å². The standard InChI is InChI=1S/C17H19N2S2/c1-18(2)13-7-5-12(6-8-13)17-19(3)15-10-9-14(20-4)11-16(15)21-17/h5-11H,1-4H3/q+1. The van der Waals surface area contributed by atoms with Gasteiger partial charge in [0.15, 0.2) is 0 Å². The maximum absolute atomic E-state index is 2.29. The lowest BCUT2D eigenvalue weighted by Gasteiger charge is -2.11. The molecule has 0 aliphatic carbocycles. The van der Waals surface area contributed by atoms with Crippen LogP contribution in [0.5, 0.6) is 0 Å². The number of hydrogen-bond donors (Lipinski definition) is 0. The molecule has 108 valence electrons. The van der Waals surface area contributed by atoms with Crippen molar-refractivity contribution < 1.29 is 4.57 Å². The van der Waals surface area contributed by atoms with Crippen LogP contribution < -0.4 is 9.47 Å². The Morgan fingerprint density at radius 2 is 1.76 bits per heavy atom. The van der Waals surface area contributed by atoms with Crippen molar-refractivity contribution >= 4 is 39.0 Å². The molecule has 0 unspecified atom stereocenters. The molecule has 3 rings (SSSR count). The van der Waals surface area contributed by atoms with Crippen LogP contribution in [0.15, 0.2) is 47.4 Å². The van der Waals surface area contributed by atoms with E-state index in [4.69, 9.17) is 0 Å². The molecular weight excluding hydrogens is 296 g/mol. The van der Waals surface area contributed by atoms with Gasteiger partial charge in [-0.15, -0.1) is 11.8 Å². The van der Waals surface area contributed by atoms with Gasteiger partial charge >= 0.3 is 0 Å². The van der Waals surface area contributed by atoms with Crippen molar-refractivity contribution in [1.29, 1.82) is 0 Å². The molecule has 0 atom stereocenters. The summed E-state index contributed by atoms with van der Waals surface area (Å²) < 4.78 is 3.63. The van der Waals surface area contributed by atoms with Crippen LogP contribution in [0.25, 0.3) is 20.8 Å². The molecule has 1 heterocycles. The minimum atomic E-state index is 1.23. The highest BCUT2D eigenvalue weighted by Gasteiger charge is 2.18. The summed E-state index contributed by atoms with van der Waals surface area (Å²) in [6.45, 7) is 0. The maximum atomic E-state index is 2.29. The number of fused-ring (bicyclic) bond motifs is 1. The molecule has 0 saturated carbocycles. The van der Waals surface area contributed by atoms with E-state index in [9.17, 15) is 0 Å². The number of nitrogens with zero attached hydrogens (tertiary/aromatic N) is 2. The molecule has 0 N–H and O–H groups in total. The van der Waals surface area contributed by atoms with Crippen molar-refractivity contribution in [3.05, 3.63) is 42.5 Å². The maximum Gasteiger partial charge on any atom is 0.269 e. The van der Waals surface area contributed by atoms with Crippen LogP contribution in [0.4, 0.5) is 5.69 Å². The molecule has 3 aromatic rings. The molecule has 2 nitrogen and oxygen atoms in total. The van der Waals surface area contributed by atoms with Crippen LogP contribution in [0.3, 0.4) is 0 Å². The first-order chi connectivity index (χ1) is 10.1. The SMILES string of the molecule is CSc1ccc2c(c1)sc(-c1ccc(N(C)C)cc1)[n+]2C. The summed E-state index contributed by atoms with van der Waals surface area (Å²) in [7, 11) is 6.28. The fraction of sp³-hybridized carbons (Fsp3) is 0.235. The summed E-state index contributed by atoms with van der Waals surface area (Å²) in [5.74, 6) is 0. The third kappa shape index (κ3) is 2.65. The van der Waals surface area contributed by atoms with Crippen LogP contribution in [0.1, 0.15) is 0 Å². The first kappa shape index (κ1) is 14.4. The first-order valence-electron chi connectivity index (χ1n) is 6.84. The summed E-state index contributed by atoms with van der Waals surface area (Å²) in [4.78, 5) is 3.44. The highest BCUT2D eigenvalue weighted by Crippen LogP contribution is 2.31. The molecule has 2 aromatic carbocycles. The largest absolute Gasteiger partial charge is 0.378 e. The zero-order valence-electron chi connectivity index (χ0n) is 12.8. The Bertz CT molecular complexity index is 773. The molecule has 0 radical (unpaired) electrons. The summed E-state index contributed by atoms with van der Waals surface area (Å²) in [6.07, 6.45) is 2.12. The summed E-state index contributed by atoms with van der Waals surface area (Å²) in [6, 6.07) is 15.4. The third-order valence-electron chi connectivity index (χ3n) is 3.67. The van der Waals surface area contributed by atoms with E-state index in [1.165, 1.54) is 31.4 Å². The lowest BCUT2D eigenvalue weighted by atomic mass is 10.2. The number of thioether (sulfide) groups is 1. The highest BCUT2D eigenvalue weighted by atomic mass is 32.2. The summed E-state index contributed by atoms with van der Waals surface area (Å²) in [5, 5.41) is 1.30. The van der Waals surface area contributed by atoms with Crippen molar-refractivity contribution in [2.75, 3.05) is 25.3 Å². The van der Waals surface area contributed by atoms with Gasteiger partial charge in [0.2, 0.25) is 5.52 Å². The first-order valence-corrected chi connectivity index (χ1v) is 8.88. The number of hydrogen-bond acceptors (Lipinski definition) is 3. The molecule has 1 aromatic heterocycles. The monoisotopic (exact) mass is 315 g/mol. The van der Waals surface area contributed by atoms with Gasteiger partial charge in [-0.3, -0.25) is 0 Å². The van der Waals surface area contributed by atoms with Gasteiger partial charge in [-0.25, -0.2) is 0 Å². The van der Waals surface area contributed by atoms with Gasteiger partial charge < -0.3 is 4.90 Å². The Balaban J connectivity index is 2.09. The van der Waals surface area contributed by atoms with Crippen molar-refractivity contribution in [3.63, 3.8) is 0 Å². The van der Waals surface area contributed by atoms with Crippen molar-refractivity contribution in [1.82, 2.24) is 0 Å². The summed E-state index contributed by atoms with van der Waals surface area (Å²) in [5.41, 5.74) is 3.80. The van der Waals surface area contributed by atoms with Gasteiger partial charge in [0.05, 0.1) is 5.56 Å². The van der Waals surface area contributed by atoms with Crippen LogP contribution in [-0.4, -0.2) is 20.4 Å². The van der Waals surface area contributed by atoms with Crippen LogP contribution >= 0.6 is 23.1 Å². The Kier molecular flexibility index (Phi) is 3.91. The predicted molar refractivity (Wildman–Crippen MR) is 94.5 cm³/mol. The average molecular weight is 315 g/mol. The van der Waals surface area contributed by atoms with Crippen molar-refractivity contribution in [2.45, 2.75) is 4.90 Å². The van der Waals surface area contributed by atoms with Gasteiger partial charge in [0, 0.05) is 30.7 Å². The fourth-order valence-corrected chi connectivity index (χ4v) is 4.12. The fourth-order valence-electron chi connectivity index (χ4n) is 2.42. The second-order valence-corrected chi connectivity index (χ2v) is 7.15. The number of rotatable bonds is 3. The number of anilines is 1. The minimum Gasteiger partial charge on any atom is -0.378 e. The Morgan fingerprint density at radius 1 is 1.05 bits per heavy atom. The van der Waals surface area contributed by atoms with E-state index in [0.29, 0.717) is 0 Å².